The van der Waals surface area contributed by atoms with Crippen LogP contribution < -0.4 is 0 Å². The summed E-state index contributed by atoms with van der Waals surface area (Å²) in [6.45, 7) is 0. The number of fused-ring (bicyclic) bond motifs is 1. The standard InChI is InChI=1S/C16H11N3O5S2/c20-12(21)7-10(15(23)24)19-14(22)11(26-16(19)25)6-8-2-1-3-9-13(8)18-5-4-17-9/h1-6,10H,7H2,(H,20,21)(H,23,24). The van der Waals surface area contributed by atoms with Gasteiger partial charge < -0.3 is 10.2 Å². The minimum absolute atomic E-state index is 0.00113. The van der Waals surface area contributed by atoms with E-state index in [1.54, 1.807) is 30.5 Å². The van der Waals surface area contributed by atoms with Gasteiger partial charge in [-0.1, -0.05) is 36.1 Å². The number of hydrogen-bond donors (Lipinski definition) is 2. The van der Waals surface area contributed by atoms with E-state index in [0.717, 1.165) is 16.7 Å². The van der Waals surface area contributed by atoms with E-state index in [1.807, 2.05) is 0 Å². The monoisotopic (exact) mass is 389 g/mol. The summed E-state index contributed by atoms with van der Waals surface area (Å²) in [5, 5.41) is 18.2. The lowest BCUT2D eigenvalue weighted by Gasteiger charge is -2.21. The van der Waals surface area contributed by atoms with Crippen LogP contribution in [-0.2, 0) is 14.4 Å². The van der Waals surface area contributed by atoms with Crippen molar-refractivity contribution in [2.45, 2.75) is 12.5 Å². The van der Waals surface area contributed by atoms with E-state index >= 15 is 0 Å². The summed E-state index contributed by atoms with van der Waals surface area (Å²) in [4.78, 5) is 44.4. The molecule has 0 aliphatic carbocycles. The Morgan fingerprint density at radius 2 is 2.00 bits per heavy atom. The molecule has 132 valence electrons. The van der Waals surface area contributed by atoms with Crippen molar-refractivity contribution < 1.29 is 24.6 Å². The number of aromatic nitrogens is 2. The number of aliphatic carboxylic acids is 2. The van der Waals surface area contributed by atoms with E-state index in [2.05, 4.69) is 9.97 Å². The minimum atomic E-state index is -1.56. The Labute approximate surface area is 156 Å². The largest absolute Gasteiger partial charge is 0.481 e. The number of benzene rings is 1. The van der Waals surface area contributed by atoms with Crippen LogP contribution in [0.2, 0.25) is 0 Å². The third kappa shape index (κ3) is 3.41. The molecule has 1 aliphatic heterocycles. The van der Waals surface area contributed by atoms with Gasteiger partial charge in [0.15, 0.2) is 0 Å². The SMILES string of the molecule is O=C(O)CC(C(=O)O)N1C(=O)C(=Cc2cccc3nccnc23)SC1=S. The highest BCUT2D eigenvalue weighted by molar-refractivity contribution is 8.26. The number of thioether (sulfide) groups is 1. The number of carboxylic acids is 2. The second-order valence-electron chi connectivity index (χ2n) is 5.27. The van der Waals surface area contributed by atoms with Crippen LogP contribution in [0.4, 0.5) is 0 Å². The van der Waals surface area contributed by atoms with Gasteiger partial charge in [0.05, 0.1) is 22.4 Å². The molecule has 26 heavy (non-hydrogen) atoms. The number of amides is 1. The molecule has 1 unspecified atom stereocenters. The van der Waals surface area contributed by atoms with E-state index < -0.39 is 30.3 Å². The van der Waals surface area contributed by atoms with E-state index in [9.17, 15) is 19.5 Å². The molecule has 2 N–H and O–H groups in total. The summed E-state index contributed by atoms with van der Waals surface area (Å²) in [5.74, 6) is -3.41. The molecule has 0 spiro atoms. The Morgan fingerprint density at radius 1 is 1.27 bits per heavy atom. The number of thiocarbonyl (C=S) groups is 1. The van der Waals surface area contributed by atoms with E-state index in [0.29, 0.717) is 16.6 Å². The highest BCUT2D eigenvalue weighted by Crippen LogP contribution is 2.35. The zero-order valence-corrected chi connectivity index (χ0v) is 14.7. The van der Waals surface area contributed by atoms with Crippen molar-refractivity contribution >= 4 is 63.3 Å². The van der Waals surface area contributed by atoms with Crippen molar-refractivity contribution in [2.75, 3.05) is 0 Å². The third-order valence-electron chi connectivity index (χ3n) is 3.60. The van der Waals surface area contributed by atoms with E-state index in [4.69, 9.17) is 17.3 Å². The third-order valence-corrected chi connectivity index (χ3v) is 4.94. The first-order chi connectivity index (χ1) is 12.4. The lowest BCUT2D eigenvalue weighted by molar-refractivity contribution is -0.150. The molecule has 1 amide bonds. The summed E-state index contributed by atoms with van der Waals surface area (Å²) < 4.78 is 0.00113. The first-order valence-corrected chi connectivity index (χ1v) is 8.52. The van der Waals surface area contributed by atoms with Crippen molar-refractivity contribution in [3.05, 3.63) is 41.1 Å². The number of carbonyl (C=O) groups excluding carboxylic acids is 1. The maximum Gasteiger partial charge on any atom is 0.327 e. The van der Waals surface area contributed by atoms with Crippen molar-refractivity contribution in [3.8, 4) is 0 Å². The molecule has 1 aromatic heterocycles. The van der Waals surface area contributed by atoms with Crippen LogP contribution in [0.1, 0.15) is 12.0 Å². The number of nitrogens with zero attached hydrogens (tertiary/aromatic N) is 3. The Balaban J connectivity index is 1.99. The fourth-order valence-corrected chi connectivity index (χ4v) is 3.82. The lowest BCUT2D eigenvalue weighted by atomic mass is 10.1. The van der Waals surface area contributed by atoms with Crippen LogP contribution in [0.25, 0.3) is 17.1 Å². The van der Waals surface area contributed by atoms with Crippen LogP contribution in [0.15, 0.2) is 35.5 Å². The molecule has 1 aliphatic rings. The molecular weight excluding hydrogens is 378 g/mol. The summed E-state index contributed by atoms with van der Waals surface area (Å²) in [7, 11) is 0. The van der Waals surface area contributed by atoms with Gasteiger partial charge in [-0.2, -0.15) is 0 Å². The minimum Gasteiger partial charge on any atom is -0.481 e. The molecule has 0 radical (unpaired) electrons. The van der Waals surface area contributed by atoms with Crippen molar-refractivity contribution in [3.63, 3.8) is 0 Å². The number of carbonyl (C=O) groups is 3. The molecule has 1 fully saturated rings. The molecule has 2 aromatic rings. The molecule has 1 saturated heterocycles. The molecule has 10 heteroatoms. The summed E-state index contributed by atoms with van der Waals surface area (Å²) >= 11 is 6.02. The van der Waals surface area contributed by atoms with Crippen LogP contribution >= 0.6 is 24.0 Å². The zero-order chi connectivity index (χ0) is 18.8. The molecular formula is C16H11N3O5S2. The number of hydrogen-bond acceptors (Lipinski definition) is 7. The summed E-state index contributed by atoms with van der Waals surface area (Å²) in [6.07, 6.45) is 3.89. The topological polar surface area (TPSA) is 121 Å². The quantitative estimate of drug-likeness (QED) is 0.582. The predicted molar refractivity (Wildman–Crippen MR) is 98.2 cm³/mol. The highest BCUT2D eigenvalue weighted by Gasteiger charge is 2.41. The number of rotatable bonds is 5. The molecule has 3 rings (SSSR count). The Kier molecular flexibility index (Phi) is 4.96. The normalized spacial score (nSPS) is 17.1. The van der Waals surface area contributed by atoms with Gasteiger partial charge in [-0.3, -0.25) is 24.5 Å². The van der Waals surface area contributed by atoms with E-state index in [1.165, 1.54) is 6.20 Å². The fourth-order valence-electron chi connectivity index (χ4n) is 2.48. The maximum absolute atomic E-state index is 12.6. The van der Waals surface area contributed by atoms with Gasteiger partial charge in [0.1, 0.15) is 10.4 Å². The van der Waals surface area contributed by atoms with Gasteiger partial charge in [0, 0.05) is 18.0 Å². The first-order valence-electron chi connectivity index (χ1n) is 7.30. The van der Waals surface area contributed by atoms with Crippen LogP contribution in [0.3, 0.4) is 0 Å². The Hall–Kier alpha value is -2.85. The number of carboxylic acid groups (broad SMARTS) is 2. The first kappa shape index (κ1) is 18.0. The number of para-hydroxylation sites is 1. The zero-order valence-electron chi connectivity index (χ0n) is 13.0. The second-order valence-corrected chi connectivity index (χ2v) is 6.95. The second kappa shape index (κ2) is 7.18. The van der Waals surface area contributed by atoms with E-state index in [-0.39, 0.29) is 9.23 Å². The molecule has 8 nitrogen and oxygen atoms in total. The molecule has 0 bridgehead atoms. The smallest absolute Gasteiger partial charge is 0.327 e. The maximum atomic E-state index is 12.6. The van der Waals surface area contributed by atoms with Gasteiger partial charge >= 0.3 is 11.9 Å². The Morgan fingerprint density at radius 3 is 2.69 bits per heavy atom. The fraction of sp³-hybridized carbons (Fsp3) is 0.125. The van der Waals surface area contributed by atoms with Gasteiger partial charge in [-0.25, -0.2) is 4.79 Å². The summed E-state index contributed by atoms with van der Waals surface area (Å²) in [6, 6.07) is 3.72. The predicted octanol–water partition coefficient (Wildman–Crippen LogP) is 1.76. The van der Waals surface area contributed by atoms with Crippen molar-refractivity contribution in [2.24, 2.45) is 0 Å². The van der Waals surface area contributed by atoms with Gasteiger partial charge in [-0.05, 0) is 12.1 Å². The van der Waals surface area contributed by atoms with Crippen molar-refractivity contribution in [1.29, 1.82) is 0 Å². The van der Waals surface area contributed by atoms with Crippen LogP contribution in [0, 0.1) is 0 Å². The summed E-state index contributed by atoms with van der Waals surface area (Å²) in [5.41, 5.74) is 1.85. The van der Waals surface area contributed by atoms with Crippen LogP contribution in [0.5, 0.6) is 0 Å². The van der Waals surface area contributed by atoms with Crippen molar-refractivity contribution in [1.82, 2.24) is 14.9 Å². The lowest BCUT2D eigenvalue weighted by Crippen LogP contribution is -2.45. The molecule has 0 saturated carbocycles. The molecule has 1 aromatic carbocycles. The van der Waals surface area contributed by atoms with Gasteiger partial charge in [-0.15, -0.1) is 0 Å². The van der Waals surface area contributed by atoms with Gasteiger partial charge in [0.2, 0.25) is 0 Å². The van der Waals surface area contributed by atoms with Gasteiger partial charge in [0.25, 0.3) is 5.91 Å². The Bertz CT molecular complexity index is 970. The van der Waals surface area contributed by atoms with Crippen LogP contribution in [-0.4, -0.2) is 53.3 Å². The molecule has 2 heterocycles. The highest BCUT2D eigenvalue weighted by atomic mass is 32.2. The average Bonchev–Trinajstić information content (AvgIpc) is 2.86. The molecule has 1 atom stereocenters. The average molecular weight is 389 g/mol.